The van der Waals surface area contributed by atoms with Gasteiger partial charge in [0.15, 0.2) is 0 Å². The van der Waals surface area contributed by atoms with Crippen LogP contribution in [0.1, 0.15) is 91.5 Å². The topological polar surface area (TPSA) is 29.5 Å². The predicted molar refractivity (Wildman–Crippen MR) is 146 cm³/mol. The van der Waals surface area contributed by atoms with Gasteiger partial charge in [-0.25, -0.2) is 0 Å². The molecule has 5 aliphatic rings. The summed E-state index contributed by atoms with van der Waals surface area (Å²) in [4.78, 5) is 0. The van der Waals surface area contributed by atoms with Crippen LogP contribution in [0.3, 0.4) is 0 Å². The number of hydrogen-bond acceptors (Lipinski definition) is 2. The standard InChI is InChI=1S/C34H48O2/c1-22(2)11-14-30(35)23(3)27-12-13-28-26-19-31(36-21-24-9-7-6-8-10-24)34-20-25(34)15-18-33(34,5)29(26)16-17-32(27,28)4/h6-10,22-23,25-31,35H,12-13,15-21H2,1-5H3/t23-,25-,26-,27+,28-,29-,30-,31+,32+,33+,34-/m0/s1. The van der Waals surface area contributed by atoms with E-state index in [-0.39, 0.29) is 5.92 Å². The van der Waals surface area contributed by atoms with Crippen molar-refractivity contribution in [3.05, 3.63) is 35.9 Å². The van der Waals surface area contributed by atoms with Gasteiger partial charge in [-0.1, -0.05) is 76.8 Å². The molecule has 5 fully saturated rings. The average Bonchev–Trinajstić information content (AvgIpc) is 3.38. The summed E-state index contributed by atoms with van der Waals surface area (Å²) in [7, 11) is 0. The first kappa shape index (κ1) is 25.0. The molecule has 0 bridgehead atoms. The average molecular weight is 489 g/mol. The third-order valence-electron chi connectivity index (χ3n) is 12.6. The SMILES string of the molecule is CC(C)C#C[C@H](O)[C@@H](C)[C@H]1CC[C@H]2[C@@H]3C[C@@H](OCc4ccccc4)[C@]45C[C@@H]4CC[C@]5(C)[C@H]3CC[C@]12C. The second-order valence-electron chi connectivity index (χ2n) is 14.3. The molecule has 0 aromatic heterocycles. The van der Waals surface area contributed by atoms with E-state index in [9.17, 15) is 5.11 Å². The molecule has 0 saturated heterocycles. The van der Waals surface area contributed by atoms with Gasteiger partial charge in [0.25, 0.3) is 0 Å². The number of rotatable bonds is 5. The van der Waals surface area contributed by atoms with E-state index in [1.807, 2.05) is 0 Å². The smallest absolute Gasteiger partial charge is 0.117 e. The molecule has 36 heavy (non-hydrogen) atoms. The second-order valence-corrected chi connectivity index (χ2v) is 14.3. The van der Waals surface area contributed by atoms with Crippen LogP contribution < -0.4 is 0 Å². The minimum absolute atomic E-state index is 0.248. The minimum Gasteiger partial charge on any atom is -0.380 e. The van der Waals surface area contributed by atoms with Gasteiger partial charge in [0.2, 0.25) is 0 Å². The van der Waals surface area contributed by atoms with Crippen LogP contribution in [0.25, 0.3) is 0 Å². The van der Waals surface area contributed by atoms with E-state index < -0.39 is 6.10 Å². The van der Waals surface area contributed by atoms with Crippen LogP contribution in [0.2, 0.25) is 0 Å². The molecule has 1 aromatic rings. The van der Waals surface area contributed by atoms with E-state index in [0.29, 0.717) is 34.2 Å². The normalized spacial score (nSPS) is 46.1. The molecule has 11 atom stereocenters. The molecular formula is C34H48O2. The van der Waals surface area contributed by atoms with Crippen LogP contribution in [0.15, 0.2) is 30.3 Å². The van der Waals surface area contributed by atoms with Crippen molar-refractivity contribution in [2.45, 2.75) is 105 Å². The molecule has 0 aliphatic heterocycles. The van der Waals surface area contributed by atoms with Crippen LogP contribution in [-0.4, -0.2) is 17.3 Å². The van der Waals surface area contributed by atoms with Crippen LogP contribution in [0, 0.1) is 69.5 Å². The van der Waals surface area contributed by atoms with Crippen molar-refractivity contribution in [2.75, 3.05) is 0 Å². The maximum absolute atomic E-state index is 11.0. The van der Waals surface area contributed by atoms with Crippen LogP contribution >= 0.6 is 0 Å². The van der Waals surface area contributed by atoms with E-state index in [0.717, 1.165) is 30.3 Å². The lowest BCUT2D eigenvalue weighted by atomic mass is 9.45. The summed E-state index contributed by atoms with van der Waals surface area (Å²) < 4.78 is 6.93. The highest BCUT2D eigenvalue weighted by atomic mass is 16.5. The molecule has 5 saturated carbocycles. The summed E-state index contributed by atoms with van der Waals surface area (Å²) in [5.74, 6) is 10.9. The van der Waals surface area contributed by atoms with Crippen LogP contribution in [-0.2, 0) is 11.3 Å². The highest BCUT2D eigenvalue weighted by molar-refractivity contribution is 5.26. The van der Waals surface area contributed by atoms with Gasteiger partial charge in [-0.15, -0.1) is 0 Å². The van der Waals surface area contributed by atoms with E-state index in [1.54, 1.807) is 0 Å². The molecule has 0 heterocycles. The Morgan fingerprint density at radius 2 is 1.75 bits per heavy atom. The van der Waals surface area contributed by atoms with Crippen molar-refractivity contribution >= 4 is 0 Å². The molecule has 0 unspecified atom stereocenters. The van der Waals surface area contributed by atoms with Gasteiger partial charge in [0.1, 0.15) is 6.10 Å². The zero-order chi connectivity index (χ0) is 25.3. The monoisotopic (exact) mass is 488 g/mol. The number of ether oxygens (including phenoxy) is 1. The van der Waals surface area contributed by atoms with Gasteiger partial charge < -0.3 is 9.84 Å². The molecule has 6 rings (SSSR count). The van der Waals surface area contributed by atoms with Crippen LogP contribution in [0.5, 0.6) is 0 Å². The summed E-state index contributed by atoms with van der Waals surface area (Å²) in [6.07, 6.45) is 10.7. The van der Waals surface area contributed by atoms with Gasteiger partial charge in [0, 0.05) is 11.3 Å². The maximum Gasteiger partial charge on any atom is 0.117 e. The van der Waals surface area contributed by atoms with E-state index >= 15 is 0 Å². The van der Waals surface area contributed by atoms with Gasteiger partial charge >= 0.3 is 0 Å². The highest BCUT2D eigenvalue weighted by Gasteiger charge is 2.77. The number of aliphatic hydroxyl groups excluding tert-OH is 1. The van der Waals surface area contributed by atoms with Crippen molar-refractivity contribution in [2.24, 2.45) is 57.7 Å². The summed E-state index contributed by atoms with van der Waals surface area (Å²) in [5.41, 5.74) is 2.54. The summed E-state index contributed by atoms with van der Waals surface area (Å²) in [6.45, 7) is 12.5. The highest BCUT2D eigenvalue weighted by Crippen LogP contribution is 2.82. The lowest BCUT2D eigenvalue weighted by molar-refractivity contribution is -0.173. The third-order valence-corrected chi connectivity index (χ3v) is 12.6. The van der Waals surface area contributed by atoms with Gasteiger partial charge in [-0.05, 0) is 103 Å². The number of aliphatic hydroxyl groups is 1. The first-order valence-electron chi connectivity index (χ1n) is 15.1. The summed E-state index contributed by atoms with van der Waals surface area (Å²) >= 11 is 0. The Hall–Kier alpha value is -1.30. The lowest BCUT2D eigenvalue weighted by Crippen LogP contribution is -2.57. The second kappa shape index (κ2) is 8.88. The minimum atomic E-state index is -0.498. The quantitative estimate of drug-likeness (QED) is 0.435. The molecule has 2 nitrogen and oxygen atoms in total. The first-order chi connectivity index (χ1) is 17.2. The molecule has 0 amide bonds. The Bertz CT molecular complexity index is 1020. The van der Waals surface area contributed by atoms with Gasteiger partial charge in [0.05, 0.1) is 12.7 Å². The summed E-state index contributed by atoms with van der Waals surface area (Å²) in [5, 5.41) is 11.0. The lowest BCUT2D eigenvalue weighted by Gasteiger charge is -2.61. The molecule has 1 spiro atoms. The largest absolute Gasteiger partial charge is 0.380 e. The molecule has 1 N–H and O–H groups in total. The summed E-state index contributed by atoms with van der Waals surface area (Å²) in [6, 6.07) is 10.8. The third kappa shape index (κ3) is 3.59. The Balaban J connectivity index is 1.25. The molecular weight excluding hydrogens is 440 g/mol. The molecule has 1 aromatic carbocycles. The fourth-order valence-corrected chi connectivity index (χ4v) is 10.8. The maximum atomic E-state index is 11.0. The fraction of sp³-hybridized carbons (Fsp3) is 0.765. The van der Waals surface area contributed by atoms with E-state index in [4.69, 9.17) is 4.74 Å². The molecule has 196 valence electrons. The van der Waals surface area contributed by atoms with Crippen molar-refractivity contribution in [1.29, 1.82) is 0 Å². The number of fused-ring (bicyclic) bond motifs is 4. The molecule has 5 aliphatic carbocycles. The Morgan fingerprint density at radius 3 is 2.47 bits per heavy atom. The first-order valence-corrected chi connectivity index (χ1v) is 15.1. The van der Waals surface area contributed by atoms with Gasteiger partial charge in [-0.3, -0.25) is 0 Å². The Kier molecular flexibility index (Phi) is 6.17. The van der Waals surface area contributed by atoms with Crippen molar-refractivity contribution in [3.63, 3.8) is 0 Å². The zero-order valence-electron chi connectivity index (χ0n) is 23.3. The van der Waals surface area contributed by atoms with Crippen molar-refractivity contribution < 1.29 is 9.84 Å². The molecule has 0 radical (unpaired) electrons. The van der Waals surface area contributed by atoms with Crippen molar-refractivity contribution in [1.82, 2.24) is 0 Å². The predicted octanol–water partition coefficient (Wildman–Crippen LogP) is 7.50. The number of benzene rings is 1. The van der Waals surface area contributed by atoms with Crippen molar-refractivity contribution in [3.8, 4) is 11.8 Å². The van der Waals surface area contributed by atoms with E-state index in [1.165, 1.54) is 56.9 Å². The number of hydrogen-bond donors (Lipinski definition) is 1. The van der Waals surface area contributed by atoms with E-state index in [2.05, 4.69) is 76.8 Å². The Morgan fingerprint density at radius 1 is 0.972 bits per heavy atom. The van der Waals surface area contributed by atoms with Gasteiger partial charge in [-0.2, -0.15) is 0 Å². The fourth-order valence-electron chi connectivity index (χ4n) is 10.8. The molecule has 2 heteroatoms. The van der Waals surface area contributed by atoms with Crippen LogP contribution in [0.4, 0.5) is 0 Å². The Labute approximate surface area is 220 Å². The zero-order valence-corrected chi connectivity index (χ0v) is 23.3.